The van der Waals surface area contributed by atoms with Gasteiger partial charge in [-0.05, 0) is 36.3 Å². The highest BCUT2D eigenvalue weighted by atomic mass is 16.1. The number of hydrogen-bond donors (Lipinski definition) is 1. The Morgan fingerprint density at radius 3 is 2.76 bits per heavy atom. The summed E-state index contributed by atoms with van der Waals surface area (Å²) < 4.78 is 0. The van der Waals surface area contributed by atoms with E-state index in [1.165, 1.54) is 11.1 Å². The van der Waals surface area contributed by atoms with Crippen LogP contribution in [-0.4, -0.2) is 12.5 Å². The Hall–Kier alpha value is -1.31. The summed E-state index contributed by atoms with van der Waals surface area (Å²) in [5.41, 5.74) is 2.77. The quantitative estimate of drug-likeness (QED) is 0.851. The number of amides is 1. The molecular weight excluding hydrogens is 210 g/mol. The Labute approximate surface area is 103 Å². The fourth-order valence-electron chi connectivity index (χ4n) is 2.37. The van der Waals surface area contributed by atoms with Crippen LogP contribution in [0.15, 0.2) is 24.3 Å². The molecule has 0 aromatic heterocycles. The largest absolute Gasteiger partial charge is 0.356 e. The standard InChI is InChI=1S/C15H21NO/c1-11(2)10-16-15(17)14-8-7-12-5-3-4-6-13(12)9-14/h3-6,11,14H,7-10H2,1-2H3,(H,16,17). The van der Waals surface area contributed by atoms with E-state index in [9.17, 15) is 4.79 Å². The molecule has 1 aliphatic rings. The van der Waals surface area contributed by atoms with Gasteiger partial charge in [-0.1, -0.05) is 38.1 Å². The minimum absolute atomic E-state index is 0.170. The van der Waals surface area contributed by atoms with Gasteiger partial charge in [-0.25, -0.2) is 0 Å². The topological polar surface area (TPSA) is 29.1 Å². The van der Waals surface area contributed by atoms with Gasteiger partial charge in [0.15, 0.2) is 0 Å². The van der Waals surface area contributed by atoms with Crippen molar-refractivity contribution in [3.63, 3.8) is 0 Å². The van der Waals surface area contributed by atoms with Crippen molar-refractivity contribution < 1.29 is 4.79 Å². The first kappa shape index (κ1) is 12.2. The van der Waals surface area contributed by atoms with Crippen molar-refractivity contribution in [1.82, 2.24) is 5.32 Å². The van der Waals surface area contributed by atoms with Gasteiger partial charge in [0.05, 0.1) is 0 Å². The van der Waals surface area contributed by atoms with E-state index in [1.54, 1.807) is 0 Å². The summed E-state index contributed by atoms with van der Waals surface area (Å²) in [5, 5.41) is 3.04. The van der Waals surface area contributed by atoms with E-state index in [-0.39, 0.29) is 11.8 Å². The Morgan fingerprint density at radius 2 is 2.06 bits per heavy atom. The molecule has 0 radical (unpaired) electrons. The van der Waals surface area contributed by atoms with Crippen molar-refractivity contribution in [2.75, 3.05) is 6.54 Å². The SMILES string of the molecule is CC(C)CNC(=O)C1CCc2ccccc2C1. The maximum absolute atomic E-state index is 12.0. The fraction of sp³-hybridized carbons (Fsp3) is 0.533. The van der Waals surface area contributed by atoms with Crippen molar-refractivity contribution in [3.8, 4) is 0 Å². The molecule has 2 heteroatoms. The summed E-state index contributed by atoms with van der Waals surface area (Å²) in [6, 6.07) is 8.47. The van der Waals surface area contributed by atoms with Crippen LogP contribution >= 0.6 is 0 Å². The number of fused-ring (bicyclic) bond motifs is 1. The van der Waals surface area contributed by atoms with E-state index in [0.717, 1.165) is 25.8 Å². The lowest BCUT2D eigenvalue weighted by atomic mass is 9.83. The number of carbonyl (C=O) groups excluding carboxylic acids is 1. The second-order valence-electron chi connectivity index (χ2n) is 5.35. The predicted octanol–water partition coefficient (Wildman–Crippen LogP) is 2.56. The molecule has 0 saturated heterocycles. The second kappa shape index (κ2) is 5.35. The molecule has 0 bridgehead atoms. The van der Waals surface area contributed by atoms with Gasteiger partial charge >= 0.3 is 0 Å². The summed E-state index contributed by atoms with van der Waals surface area (Å²) in [4.78, 5) is 12.0. The molecule has 1 unspecified atom stereocenters. The van der Waals surface area contributed by atoms with Crippen molar-refractivity contribution in [1.29, 1.82) is 0 Å². The average molecular weight is 231 g/mol. The number of rotatable bonds is 3. The first-order valence-corrected chi connectivity index (χ1v) is 6.51. The molecule has 1 aliphatic carbocycles. The molecule has 1 atom stereocenters. The molecule has 2 rings (SSSR count). The molecule has 1 aromatic rings. The van der Waals surface area contributed by atoms with E-state index in [1.807, 2.05) is 0 Å². The molecule has 0 heterocycles. The van der Waals surface area contributed by atoms with Crippen LogP contribution in [0.25, 0.3) is 0 Å². The molecule has 92 valence electrons. The first-order chi connectivity index (χ1) is 8.16. The van der Waals surface area contributed by atoms with Crippen LogP contribution < -0.4 is 5.32 Å². The van der Waals surface area contributed by atoms with Gasteiger partial charge < -0.3 is 5.32 Å². The number of aryl methyl sites for hydroxylation is 1. The van der Waals surface area contributed by atoms with Gasteiger partial charge in [0.2, 0.25) is 5.91 Å². The van der Waals surface area contributed by atoms with E-state index in [2.05, 4.69) is 43.4 Å². The summed E-state index contributed by atoms with van der Waals surface area (Å²) in [6.07, 6.45) is 2.93. The predicted molar refractivity (Wildman–Crippen MR) is 69.8 cm³/mol. The minimum atomic E-state index is 0.170. The molecule has 1 aromatic carbocycles. The molecule has 0 aliphatic heterocycles. The van der Waals surface area contributed by atoms with Crippen molar-refractivity contribution in [2.45, 2.75) is 33.1 Å². The summed E-state index contributed by atoms with van der Waals surface area (Å²) in [5.74, 6) is 0.923. The highest BCUT2D eigenvalue weighted by Gasteiger charge is 2.23. The maximum Gasteiger partial charge on any atom is 0.223 e. The first-order valence-electron chi connectivity index (χ1n) is 6.51. The van der Waals surface area contributed by atoms with Gasteiger partial charge in [0, 0.05) is 12.5 Å². The Morgan fingerprint density at radius 1 is 1.35 bits per heavy atom. The Kier molecular flexibility index (Phi) is 3.82. The van der Waals surface area contributed by atoms with E-state index in [4.69, 9.17) is 0 Å². The summed E-state index contributed by atoms with van der Waals surface area (Å²) >= 11 is 0. The van der Waals surface area contributed by atoms with Crippen LogP contribution in [0, 0.1) is 11.8 Å². The normalized spacial score (nSPS) is 18.9. The monoisotopic (exact) mass is 231 g/mol. The second-order valence-corrected chi connectivity index (χ2v) is 5.35. The number of carbonyl (C=O) groups is 1. The van der Waals surface area contributed by atoms with Crippen LogP contribution in [0.4, 0.5) is 0 Å². The summed E-state index contributed by atoms with van der Waals surface area (Å²) in [6.45, 7) is 5.03. The third kappa shape index (κ3) is 3.09. The molecule has 17 heavy (non-hydrogen) atoms. The van der Waals surface area contributed by atoms with Gasteiger partial charge in [-0.3, -0.25) is 4.79 Å². The molecular formula is C15H21NO. The van der Waals surface area contributed by atoms with Crippen molar-refractivity contribution in [2.24, 2.45) is 11.8 Å². The van der Waals surface area contributed by atoms with Crippen LogP contribution in [0.3, 0.4) is 0 Å². The van der Waals surface area contributed by atoms with Crippen molar-refractivity contribution in [3.05, 3.63) is 35.4 Å². The molecule has 1 N–H and O–H groups in total. The van der Waals surface area contributed by atoms with E-state index in [0.29, 0.717) is 5.92 Å². The van der Waals surface area contributed by atoms with Gasteiger partial charge in [0.1, 0.15) is 0 Å². The van der Waals surface area contributed by atoms with Crippen LogP contribution in [-0.2, 0) is 17.6 Å². The molecule has 1 amide bonds. The zero-order valence-electron chi connectivity index (χ0n) is 10.7. The minimum Gasteiger partial charge on any atom is -0.356 e. The smallest absolute Gasteiger partial charge is 0.223 e. The highest BCUT2D eigenvalue weighted by Crippen LogP contribution is 2.25. The van der Waals surface area contributed by atoms with Crippen LogP contribution in [0.5, 0.6) is 0 Å². The Balaban J connectivity index is 1.95. The average Bonchev–Trinajstić information content (AvgIpc) is 2.35. The molecule has 0 saturated carbocycles. The zero-order chi connectivity index (χ0) is 12.3. The van der Waals surface area contributed by atoms with Crippen molar-refractivity contribution >= 4 is 5.91 Å². The fourth-order valence-corrected chi connectivity index (χ4v) is 2.37. The molecule has 2 nitrogen and oxygen atoms in total. The van der Waals surface area contributed by atoms with Crippen LogP contribution in [0.1, 0.15) is 31.4 Å². The van der Waals surface area contributed by atoms with E-state index >= 15 is 0 Å². The lowest BCUT2D eigenvalue weighted by Gasteiger charge is -2.24. The maximum atomic E-state index is 12.0. The summed E-state index contributed by atoms with van der Waals surface area (Å²) in [7, 11) is 0. The molecule has 0 spiro atoms. The lowest BCUT2D eigenvalue weighted by molar-refractivity contribution is -0.125. The third-order valence-electron chi connectivity index (χ3n) is 3.40. The van der Waals surface area contributed by atoms with Gasteiger partial charge in [-0.2, -0.15) is 0 Å². The number of hydrogen-bond acceptors (Lipinski definition) is 1. The van der Waals surface area contributed by atoms with E-state index < -0.39 is 0 Å². The number of nitrogens with one attached hydrogen (secondary N) is 1. The lowest BCUT2D eigenvalue weighted by Crippen LogP contribution is -2.36. The van der Waals surface area contributed by atoms with Gasteiger partial charge in [-0.15, -0.1) is 0 Å². The van der Waals surface area contributed by atoms with Crippen LogP contribution in [0.2, 0.25) is 0 Å². The van der Waals surface area contributed by atoms with Gasteiger partial charge in [0.25, 0.3) is 0 Å². The molecule has 0 fully saturated rings. The number of benzene rings is 1. The Bertz CT molecular complexity index is 398. The zero-order valence-corrected chi connectivity index (χ0v) is 10.7. The third-order valence-corrected chi connectivity index (χ3v) is 3.40. The highest BCUT2D eigenvalue weighted by molar-refractivity contribution is 5.79.